The third kappa shape index (κ3) is 6.21. The lowest BCUT2D eigenvalue weighted by Gasteiger charge is -2.00. The van der Waals surface area contributed by atoms with Crippen molar-refractivity contribution < 1.29 is 4.79 Å². The van der Waals surface area contributed by atoms with E-state index in [-0.39, 0.29) is 5.91 Å². The lowest BCUT2D eigenvalue weighted by molar-refractivity contribution is -0.116. The van der Waals surface area contributed by atoms with Crippen LogP contribution < -0.4 is 5.32 Å². The summed E-state index contributed by atoms with van der Waals surface area (Å²) in [6.07, 6.45) is 11.1. The molecule has 0 spiro atoms. The fraction of sp³-hybridized carbons (Fsp3) is 0.267. The van der Waals surface area contributed by atoms with Crippen molar-refractivity contribution in [1.29, 1.82) is 0 Å². The average Bonchev–Trinajstić information content (AvgIpc) is 2.37. The summed E-state index contributed by atoms with van der Waals surface area (Å²) in [4.78, 5) is 11.4. The highest BCUT2D eigenvalue weighted by atomic mass is 16.1. The summed E-state index contributed by atoms with van der Waals surface area (Å²) in [5, 5.41) is 2.82. The summed E-state index contributed by atoms with van der Waals surface area (Å²) in [5.74, 6) is 2.52. The maximum Gasteiger partial charge on any atom is 0.243 e. The fourth-order valence-corrected chi connectivity index (χ4v) is 1.36. The summed E-state index contributed by atoms with van der Waals surface area (Å²) in [5.41, 5.74) is 1.02. The molecule has 1 amide bonds. The van der Waals surface area contributed by atoms with Gasteiger partial charge in [-0.3, -0.25) is 4.79 Å². The Balaban J connectivity index is 2.21. The van der Waals surface area contributed by atoms with E-state index >= 15 is 0 Å². The standard InChI is InChI=1S/C15H17NO/c1-2-3-4-8-13-16-15(17)12-11-14-9-6-5-7-10-14/h1,5-7,9-12H,3-4,8,13H2,(H,16,17)/b12-11+. The molecule has 0 aliphatic carbocycles. The summed E-state index contributed by atoms with van der Waals surface area (Å²) in [7, 11) is 0. The van der Waals surface area contributed by atoms with Gasteiger partial charge in [0.1, 0.15) is 0 Å². The largest absolute Gasteiger partial charge is 0.353 e. The van der Waals surface area contributed by atoms with Gasteiger partial charge in [-0.1, -0.05) is 30.3 Å². The van der Waals surface area contributed by atoms with E-state index < -0.39 is 0 Å². The smallest absolute Gasteiger partial charge is 0.243 e. The molecule has 0 aromatic heterocycles. The Hall–Kier alpha value is -2.01. The maximum absolute atomic E-state index is 11.4. The Morgan fingerprint density at radius 1 is 1.29 bits per heavy atom. The number of unbranched alkanes of at least 4 members (excludes halogenated alkanes) is 2. The molecule has 17 heavy (non-hydrogen) atoms. The quantitative estimate of drug-likeness (QED) is 0.452. The van der Waals surface area contributed by atoms with Gasteiger partial charge in [0.05, 0.1) is 0 Å². The van der Waals surface area contributed by atoms with Crippen molar-refractivity contribution in [3.8, 4) is 12.3 Å². The molecule has 0 aliphatic heterocycles. The van der Waals surface area contributed by atoms with Gasteiger partial charge in [-0.15, -0.1) is 12.3 Å². The number of benzene rings is 1. The van der Waals surface area contributed by atoms with Crippen LogP contribution in [0, 0.1) is 12.3 Å². The number of rotatable bonds is 6. The Labute approximate surface area is 103 Å². The van der Waals surface area contributed by atoms with Crippen molar-refractivity contribution in [2.24, 2.45) is 0 Å². The second-order valence-corrected chi connectivity index (χ2v) is 3.70. The second kappa shape index (κ2) is 8.18. The molecule has 2 nitrogen and oxygen atoms in total. The predicted molar refractivity (Wildman–Crippen MR) is 71.2 cm³/mol. The molecule has 0 saturated heterocycles. The zero-order chi connectivity index (χ0) is 12.3. The Kier molecular flexibility index (Phi) is 6.28. The van der Waals surface area contributed by atoms with Gasteiger partial charge in [-0.05, 0) is 24.5 Å². The first-order valence-corrected chi connectivity index (χ1v) is 5.77. The molecule has 0 heterocycles. The SMILES string of the molecule is C#CCCCCNC(=O)/C=C/c1ccccc1. The van der Waals surface area contributed by atoms with Gasteiger partial charge in [0.15, 0.2) is 0 Å². The van der Waals surface area contributed by atoms with Gasteiger partial charge in [-0.2, -0.15) is 0 Å². The molecule has 2 heteroatoms. The van der Waals surface area contributed by atoms with E-state index in [2.05, 4.69) is 11.2 Å². The number of carbonyl (C=O) groups excluding carboxylic acids is 1. The van der Waals surface area contributed by atoms with Crippen LogP contribution in [-0.4, -0.2) is 12.5 Å². The van der Waals surface area contributed by atoms with Crippen LogP contribution >= 0.6 is 0 Å². The van der Waals surface area contributed by atoms with E-state index in [4.69, 9.17) is 6.42 Å². The van der Waals surface area contributed by atoms with Crippen LogP contribution in [0.1, 0.15) is 24.8 Å². The highest BCUT2D eigenvalue weighted by Crippen LogP contribution is 2.00. The molecule has 0 bridgehead atoms. The third-order valence-electron chi connectivity index (χ3n) is 2.27. The number of carbonyl (C=O) groups is 1. The number of hydrogen-bond donors (Lipinski definition) is 1. The zero-order valence-corrected chi connectivity index (χ0v) is 9.86. The molecule has 0 atom stereocenters. The minimum Gasteiger partial charge on any atom is -0.353 e. The van der Waals surface area contributed by atoms with Gasteiger partial charge in [0.2, 0.25) is 5.91 Å². The number of nitrogens with one attached hydrogen (secondary N) is 1. The first kappa shape index (κ1) is 13.1. The van der Waals surface area contributed by atoms with Crippen LogP contribution in [0.2, 0.25) is 0 Å². The molecular formula is C15H17NO. The van der Waals surface area contributed by atoms with Gasteiger partial charge in [0.25, 0.3) is 0 Å². The van der Waals surface area contributed by atoms with E-state index in [1.807, 2.05) is 30.3 Å². The zero-order valence-electron chi connectivity index (χ0n) is 9.86. The maximum atomic E-state index is 11.4. The molecule has 1 N–H and O–H groups in total. The summed E-state index contributed by atoms with van der Waals surface area (Å²) in [6.45, 7) is 0.680. The second-order valence-electron chi connectivity index (χ2n) is 3.70. The normalized spacial score (nSPS) is 10.1. The lowest BCUT2D eigenvalue weighted by atomic mass is 10.2. The first-order chi connectivity index (χ1) is 8.33. The molecular weight excluding hydrogens is 210 g/mol. The Morgan fingerprint density at radius 3 is 2.76 bits per heavy atom. The predicted octanol–water partition coefficient (Wildman–Crippen LogP) is 2.62. The van der Waals surface area contributed by atoms with Crippen LogP contribution in [0.3, 0.4) is 0 Å². The Bertz CT molecular complexity index is 401. The summed E-state index contributed by atoms with van der Waals surface area (Å²) in [6, 6.07) is 9.74. The summed E-state index contributed by atoms with van der Waals surface area (Å²) >= 11 is 0. The first-order valence-electron chi connectivity index (χ1n) is 5.77. The molecule has 0 aliphatic rings. The molecule has 0 radical (unpaired) electrons. The van der Waals surface area contributed by atoms with Crippen molar-refractivity contribution in [1.82, 2.24) is 5.32 Å². The van der Waals surface area contributed by atoms with E-state index in [1.54, 1.807) is 12.2 Å². The van der Waals surface area contributed by atoms with E-state index in [0.717, 1.165) is 24.8 Å². The monoisotopic (exact) mass is 227 g/mol. The van der Waals surface area contributed by atoms with Crippen molar-refractivity contribution in [3.05, 3.63) is 42.0 Å². The Morgan fingerprint density at radius 2 is 2.06 bits per heavy atom. The topological polar surface area (TPSA) is 29.1 Å². The van der Waals surface area contributed by atoms with Crippen molar-refractivity contribution in [2.45, 2.75) is 19.3 Å². The average molecular weight is 227 g/mol. The molecule has 88 valence electrons. The highest BCUT2D eigenvalue weighted by molar-refractivity contribution is 5.91. The van der Waals surface area contributed by atoms with Gasteiger partial charge >= 0.3 is 0 Å². The molecule has 0 unspecified atom stereocenters. The molecule has 1 aromatic rings. The van der Waals surface area contributed by atoms with Crippen molar-refractivity contribution in [3.63, 3.8) is 0 Å². The number of terminal acetylenes is 1. The fourth-order valence-electron chi connectivity index (χ4n) is 1.36. The number of hydrogen-bond acceptors (Lipinski definition) is 1. The van der Waals surface area contributed by atoms with Crippen LogP contribution in [0.25, 0.3) is 6.08 Å². The van der Waals surface area contributed by atoms with E-state index in [9.17, 15) is 4.79 Å². The molecule has 0 fully saturated rings. The van der Waals surface area contributed by atoms with Crippen molar-refractivity contribution in [2.75, 3.05) is 6.54 Å². The number of amides is 1. The van der Waals surface area contributed by atoms with Gasteiger partial charge < -0.3 is 5.32 Å². The van der Waals surface area contributed by atoms with Crippen molar-refractivity contribution >= 4 is 12.0 Å². The highest BCUT2D eigenvalue weighted by Gasteiger charge is 1.94. The summed E-state index contributed by atoms with van der Waals surface area (Å²) < 4.78 is 0. The van der Waals surface area contributed by atoms with Crippen LogP contribution in [-0.2, 0) is 4.79 Å². The van der Waals surface area contributed by atoms with Gasteiger partial charge in [0, 0.05) is 19.0 Å². The van der Waals surface area contributed by atoms with Crippen LogP contribution in [0.4, 0.5) is 0 Å². The van der Waals surface area contributed by atoms with Crippen LogP contribution in [0.5, 0.6) is 0 Å². The van der Waals surface area contributed by atoms with Gasteiger partial charge in [-0.25, -0.2) is 0 Å². The third-order valence-corrected chi connectivity index (χ3v) is 2.27. The van der Waals surface area contributed by atoms with E-state index in [1.165, 1.54) is 0 Å². The lowest BCUT2D eigenvalue weighted by Crippen LogP contribution is -2.21. The minimum atomic E-state index is -0.0606. The molecule has 0 saturated carbocycles. The van der Waals surface area contributed by atoms with E-state index in [0.29, 0.717) is 6.54 Å². The molecule has 1 rings (SSSR count). The van der Waals surface area contributed by atoms with Crippen LogP contribution in [0.15, 0.2) is 36.4 Å². The minimum absolute atomic E-state index is 0.0606. The molecule has 1 aromatic carbocycles.